The second-order valence-corrected chi connectivity index (χ2v) is 8.12. The number of nitrogens with zero attached hydrogens (tertiary/aromatic N) is 1. The van der Waals surface area contributed by atoms with Crippen molar-refractivity contribution in [1.82, 2.24) is 20.8 Å². The number of benzene rings is 1. The third kappa shape index (κ3) is 6.07. The van der Waals surface area contributed by atoms with Gasteiger partial charge in [-0.1, -0.05) is 12.1 Å². The van der Waals surface area contributed by atoms with Crippen LogP contribution in [0.15, 0.2) is 30.3 Å². The fraction of sp³-hybridized carbons (Fsp3) is 0.318. The Morgan fingerprint density at radius 2 is 2.19 bits per heavy atom. The topological polar surface area (TPSA) is 125 Å². The van der Waals surface area contributed by atoms with Crippen LogP contribution in [-0.2, 0) is 16.0 Å². The Hall–Kier alpha value is -3.35. The summed E-state index contributed by atoms with van der Waals surface area (Å²) < 4.78 is 0. The normalized spacial score (nSPS) is 15.2. The standard InChI is InChI=1S/C21H23N5OS.CH3NO/c1-22-19-11-15(8-9-18-16-6-2-3-7-17(16)25-26-18)28-20(19)12-21(27)24-14-5-4-10-23-13-14;2-1-3/h2-3,6-7,11,14,22-23H,4-5,10,12-13H2,1H3,(H,24,27)(H,25,26);1H,(H2,2,3). The number of rotatable bonds is 4. The van der Waals surface area contributed by atoms with Crippen LogP contribution in [0.1, 0.15) is 28.3 Å². The minimum absolute atomic E-state index is 0.0612. The number of thiophene rings is 1. The van der Waals surface area contributed by atoms with Gasteiger partial charge in [-0.2, -0.15) is 5.10 Å². The van der Waals surface area contributed by atoms with Crippen LogP contribution in [-0.4, -0.2) is 48.7 Å². The van der Waals surface area contributed by atoms with Crippen LogP contribution in [0.5, 0.6) is 0 Å². The molecule has 162 valence electrons. The summed E-state index contributed by atoms with van der Waals surface area (Å²) >= 11 is 1.55. The number of aromatic nitrogens is 2. The van der Waals surface area contributed by atoms with Gasteiger partial charge in [0.05, 0.1) is 16.8 Å². The van der Waals surface area contributed by atoms with Gasteiger partial charge in [-0.25, -0.2) is 0 Å². The Labute approximate surface area is 185 Å². The first-order chi connectivity index (χ1) is 15.1. The van der Waals surface area contributed by atoms with Gasteiger partial charge in [0.15, 0.2) is 0 Å². The molecule has 0 radical (unpaired) electrons. The maximum atomic E-state index is 12.4. The second-order valence-electron chi connectivity index (χ2n) is 6.99. The van der Waals surface area contributed by atoms with Crippen LogP contribution in [0.25, 0.3) is 10.9 Å². The predicted octanol–water partition coefficient (Wildman–Crippen LogP) is 1.58. The average Bonchev–Trinajstić information content (AvgIpc) is 3.37. The number of anilines is 1. The zero-order valence-electron chi connectivity index (χ0n) is 17.3. The minimum atomic E-state index is 0.0612. The molecule has 0 aliphatic carbocycles. The quantitative estimate of drug-likeness (QED) is 0.312. The molecule has 2 amide bonds. The number of hydrogen-bond donors (Lipinski definition) is 5. The van der Waals surface area contributed by atoms with Gasteiger partial charge in [0.2, 0.25) is 12.3 Å². The molecule has 1 aromatic carbocycles. The molecule has 1 aliphatic heterocycles. The van der Waals surface area contributed by atoms with Crippen molar-refractivity contribution in [3.63, 3.8) is 0 Å². The van der Waals surface area contributed by atoms with Gasteiger partial charge in [-0.3, -0.25) is 14.7 Å². The summed E-state index contributed by atoms with van der Waals surface area (Å²) in [7, 11) is 1.87. The predicted molar refractivity (Wildman–Crippen MR) is 124 cm³/mol. The van der Waals surface area contributed by atoms with Gasteiger partial charge in [0.1, 0.15) is 5.69 Å². The molecule has 3 aromatic rings. The Morgan fingerprint density at radius 3 is 2.94 bits per heavy atom. The number of amides is 2. The zero-order valence-corrected chi connectivity index (χ0v) is 18.1. The first-order valence-electron chi connectivity index (χ1n) is 10.1. The maximum Gasteiger partial charge on any atom is 0.225 e. The van der Waals surface area contributed by atoms with Gasteiger partial charge < -0.3 is 21.7 Å². The Morgan fingerprint density at radius 1 is 1.39 bits per heavy atom. The third-order valence-electron chi connectivity index (χ3n) is 4.83. The van der Waals surface area contributed by atoms with Crippen molar-refractivity contribution in [3.8, 4) is 11.8 Å². The van der Waals surface area contributed by atoms with E-state index in [1.54, 1.807) is 11.3 Å². The van der Waals surface area contributed by atoms with Crippen molar-refractivity contribution >= 4 is 40.2 Å². The molecule has 0 bridgehead atoms. The molecular formula is C22H26N6O2S. The number of piperidine rings is 1. The molecule has 6 N–H and O–H groups in total. The Kier molecular flexibility index (Phi) is 8.04. The van der Waals surface area contributed by atoms with E-state index in [9.17, 15) is 4.79 Å². The lowest BCUT2D eigenvalue weighted by Crippen LogP contribution is -2.46. The Balaban J connectivity index is 0.000000858. The number of H-pyrrole nitrogens is 1. The van der Waals surface area contributed by atoms with Crippen LogP contribution in [0.3, 0.4) is 0 Å². The largest absolute Gasteiger partial charge is 0.387 e. The molecule has 1 saturated heterocycles. The van der Waals surface area contributed by atoms with Crippen molar-refractivity contribution in [2.24, 2.45) is 5.73 Å². The van der Waals surface area contributed by atoms with Crippen LogP contribution >= 0.6 is 11.3 Å². The molecule has 1 unspecified atom stereocenters. The monoisotopic (exact) mass is 438 g/mol. The highest BCUT2D eigenvalue weighted by atomic mass is 32.1. The highest BCUT2D eigenvalue weighted by Gasteiger charge is 2.17. The lowest BCUT2D eigenvalue weighted by Gasteiger charge is -2.23. The van der Waals surface area contributed by atoms with Crippen molar-refractivity contribution < 1.29 is 9.59 Å². The van der Waals surface area contributed by atoms with Gasteiger partial charge in [0, 0.05) is 35.6 Å². The lowest BCUT2D eigenvalue weighted by molar-refractivity contribution is -0.121. The number of para-hydroxylation sites is 1. The van der Waals surface area contributed by atoms with E-state index in [4.69, 9.17) is 4.79 Å². The van der Waals surface area contributed by atoms with E-state index in [-0.39, 0.29) is 18.4 Å². The summed E-state index contributed by atoms with van der Waals surface area (Å²) in [6.07, 6.45) is 2.76. The summed E-state index contributed by atoms with van der Waals surface area (Å²) in [5.41, 5.74) is 6.84. The maximum absolute atomic E-state index is 12.4. The average molecular weight is 439 g/mol. The molecule has 1 atom stereocenters. The van der Waals surface area contributed by atoms with E-state index in [0.717, 1.165) is 58.0 Å². The highest BCUT2D eigenvalue weighted by molar-refractivity contribution is 7.13. The molecular weight excluding hydrogens is 412 g/mol. The summed E-state index contributed by atoms with van der Waals surface area (Å²) in [5, 5.41) is 17.9. The number of nitrogens with two attached hydrogens (primary N) is 1. The smallest absolute Gasteiger partial charge is 0.225 e. The molecule has 1 aliphatic rings. The van der Waals surface area contributed by atoms with Crippen molar-refractivity contribution in [3.05, 3.63) is 45.8 Å². The SMILES string of the molecule is CNc1cc(C#Cc2[nH]nc3ccccc23)sc1CC(=O)NC1CCCNC1.NC=O. The molecule has 31 heavy (non-hydrogen) atoms. The highest BCUT2D eigenvalue weighted by Crippen LogP contribution is 2.27. The fourth-order valence-electron chi connectivity index (χ4n) is 3.41. The molecule has 4 rings (SSSR count). The van der Waals surface area contributed by atoms with Gasteiger partial charge in [0.25, 0.3) is 0 Å². The van der Waals surface area contributed by atoms with Gasteiger partial charge >= 0.3 is 0 Å². The molecule has 0 saturated carbocycles. The molecule has 2 aromatic heterocycles. The molecule has 8 nitrogen and oxygen atoms in total. The van der Waals surface area contributed by atoms with E-state index in [1.807, 2.05) is 37.4 Å². The molecule has 9 heteroatoms. The van der Waals surface area contributed by atoms with Crippen molar-refractivity contribution in [1.29, 1.82) is 0 Å². The number of fused-ring (bicyclic) bond motifs is 1. The first kappa shape index (κ1) is 22.3. The van der Waals surface area contributed by atoms with E-state index in [1.165, 1.54) is 0 Å². The van der Waals surface area contributed by atoms with E-state index >= 15 is 0 Å². The van der Waals surface area contributed by atoms with Crippen LogP contribution in [0, 0.1) is 11.8 Å². The molecule has 0 spiro atoms. The summed E-state index contributed by atoms with van der Waals surface area (Å²) in [6, 6.07) is 10.1. The van der Waals surface area contributed by atoms with Crippen LogP contribution in [0.2, 0.25) is 0 Å². The third-order valence-corrected chi connectivity index (χ3v) is 5.88. The minimum Gasteiger partial charge on any atom is -0.387 e. The number of carbonyl (C=O) groups is 2. The van der Waals surface area contributed by atoms with E-state index < -0.39 is 0 Å². The second kappa shape index (κ2) is 11.2. The molecule has 1 fully saturated rings. The number of primary amides is 1. The van der Waals surface area contributed by atoms with Gasteiger partial charge in [-0.15, -0.1) is 11.3 Å². The summed E-state index contributed by atoms with van der Waals surface area (Å²) in [6.45, 7) is 1.89. The first-order valence-corrected chi connectivity index (χ1v) is 10.9. The number of aromatic amines is 1. The summed E-state index contributed by atoms with van der Waals surface area (Å²) in [4.78, 5) is 22.9. The lowest BCUT2D eigenvalue weighted by atomic mass is 10.1. The molecule has 3 heterocycles. The zero-order chi connectivity index (χ0) is 22.1. The number of carbonyl (C=O) groups excluding carboxylic acids is 2. The van der Waals surface area contributed by atoms with Crippen molar-refractivity contribution in [2.45, 2.75) is 25.3 Å². The van der Waals surface area contributed by atoms with Crippen molar-refractivity contribution in [2.75, 3.05) is 25.5 Å². The number of nitrogens with one attached hydrogen (secondary N) is 4. The van der Waals surface area contributed by atoms with Crippen LogP contribution in [0.4, 0.5) is 5.69 Å². The fourth-order valence-corrected chi connectivity index (χ4v) is 4.43. The Bertz CT molecular complexity index is 1090. The van der Waals surface area contributed by atoms with Crippen LogP contribution < -0.4 is 21.7 Å². The van der Waals surface area contributed by atoms with Gasteiger partial charge in [-0.05, 0) is 49.4 Å². The van der Waals surface area contributed by atoms with E-state index in [0.29, 0.717) is 6.42 Å². The van der Waals surface area contributed by atoms with E-state index in [2.05, 4.69) is 43.7 Å². The summed E-state index contributed by atoms with van der Waals surface area (Å²) in [5.74, 6) is 6.44. The number of hydrogen-bond acceptors (Lipinski definition) is 6.